The lowest BCUT2D eigenvalue weighted by atomic mass is 10.2. The van der Waals surface area contributed by atoms with Crippen molar-refractivity contribution in [3.8, 4) is 0 Å². The van der Waals surface area contributed by atoms with Gasteiger partial charge >= 0.3 is 0 Å². The Labute approximate surface area is 156 Å². The van der Waals surface area contributed by atoms with Gasteiger partial charge in [0, 0.05) is 30.4 Å². The Kier molecular flexibility index (Phi) is 7.91. The first kappa shape index (κ1) is 20.8. The standard InChI is InChI=1S/C17H16N4O4.ClH/c1-2-9-18-17(23)13-4-3-10-20(11-13)12-16(22)19-14-5-7-15(8-6-14)21(24)25;/h2-8,10-11H,1,9,12H2,(H-,18,19,22,23);1H. The molecular weight excluding hydrogens is 360 g/mol. The molecule has 0 spiro atoms. The van der Waals surface area contributed by atoms with E-state index in [1.807, 2.05) is 0 Å². The Morgan fingerprint density at radius 1 is 1.23 bits per heavy atom. The number of pyridine rings is 1. The summed E-state index contributed by atoms with van der Waals surface area (Å²) in [5, 5.41) is 15.9. The average Bonchev–Trinajstić information content (AvgIpc) is 2.60. The molecular formula is C17H17ClN4O4. The molecule has 0 saturated heterocycles. The molecule has 0 aliphatic carbocycles. The highest BCUT2D eigenvalue weighted by Crippen LogP contribution is 2.15. The van der Waals surface area contributed by atoms with Crippen molar-refractivity contribution in [1.82, 2.24) is 5.32 Å². The second kappa shape index (κ2) is 9.90. The lowest BCUT2D eigenvalue weighted by Crippen LogP contribution is -3.00. The Bertz CT molecular complexity index is 809. The van der Waals surface area contributed by atoms with Crippen molar-refractivity contribution in [2.24, 2.45) is 0 Å². The molecule has 2 N–H and O–H groups in total. The van der Waals surface area contributed by atoms with Crippen LogP contribution < -0.4 is 27.6 Å². The third-order valence-electron chi connectivity index (χ3n) is 3.22. The van der Waals surface area contributed by atoms with Gasteiger partial charge in [-0.15, -0.1) is 6.58 Å². The molecule has 1 heterocycles. The zero-order chi connectivity index (χ0) is 18.2. The summed E-state index contributed by atoms with van der Waals surface area (Å²) in [7, 11) is 0. The van der Waals surface area contributed by atoms with Crippen molar-refractivity contribution in [1.29, 1.82) is 0 Å². The van der Waals surface area contributed by atoms with Crippen molar-refractivity contribution < 1.29 is 31.5 Å². The Balaban J connectivity index is 0.00000338. The number of nitro benzene ring substituents is 1. The van der Waals surface area contributed by atoms with Crippen LogP contribution in [0.4, 0.5) is 11.4 Å². The summed E-state index contributed by atoms with van der Waals surface area (Å²) in [6.07, 6.45) is 4.81. The van der Waals surface area contributed by atoms with Crippen LogP contribution in [0.5, 0.6) is 0 Å². The number of hydrogen-bond donors (Lipinski definition) is 2. The zero-order valence-corrected chi connectivity index (χ0v) is 14.5. The number of aromatic nitrogens is 1. The highest BCUT2D eigenvalue weighted by Gasteiger charge is 2.14. The van der Waals surface area contributed by atoms with Crippen molar-refractivity contribution >= 4 is 23.2 Å². The van der Waals surface area contributed by atoms with Gasteiger partial charge in [-0.25, -0.2) is 0 Å². The number of nitro groups is 1. The third kappa shape index (κ3) is 5.99. The van der Waals surface area contributed by atoms with E-state index in [-0.39, 0.29) is 36.5 Å². The summed E-state index contributed by atoms with van der Waals surface area (Å²) in [5.41, 5.74) is 0.828. The predicted molar refractivity (Wildman–Crippen MR) is 90.9 cm³/mol. The van der Waals surface area contributed by atoms with E-state index in [2.05, 4.69) is 17.2 Å². The lowest BCUT2D eigenvalue weighted by Gasteiger charge is -2.04. The van der Waals surface area contributed by atoms with Crippen LogP contribution in [0.25, 0.3) is 0 Å². The molecule has 2 amide bonds. The van der Waals surface area contributed by atoms with E-state index >= 15 is 0 Å². The molecule has 2 rings (SSSR count). The molecule has 0 aliphatic heterocycles. The average molecular weight is 377 g/mol. The number of nitrogens with one attached hydrogen (secondary N) is 2. The van der Waals surface area contributed by atoms with E-state index < -0.39 is 4.92 Å². The molecule has 136 valence electrons. The van der Waals surface area contributed by atoms with Crippen molar-refractivity contribution in [2.45, 2.75) is 6.54 Å². The molecule has 8 nitrogen and oxygen atoms in total. The van der Waals surface area contributed by atoms with Crippen LogP contribution >= 0.6 is 0 Å². The van der Waals surface area contributed by atoms with Gasteiger partial charge in [0.1, 0.15) is 5.56 Å². The van der Waals surface area contributed by atoms with E-state index in [1.54, 1.807) is 35.2 Å². The van der Waals surface area contributed by atoms with Gasteiger partial charge in [-0.1, -0.05) is 6.08 Å². The van der Waals surface area contributed by atoms with Gasteiger partial charge in [-0.05, 0) is 18.2 Å². The smallest absolute Gasteiger partial charge is 0.290 e. The normalized spacial score (nSPS) is 9.54. The van der Waals surface area contributed by atoms with Gasteiger partial charge in [0.25, 0.3) is 17.5 Å². The second-order valence-corrected chi connectivity index (χ2v) is 5.12. The van der Waals surface area contributed by atoms with E-state index in [4.69, 9.17) is 0 Å². The summed E-state index contributed by atoms with van der Waals surface area (Å²) in [5.74, 6) is -0.576. The van der Waals surface area contributed by atoms with Gasteiger partial charge < -0.3 is 23.0 Å². The molecule has 9 heteroatoms. The highest BCUT2D eigenvalue weighted by molar-refractivity contribution is 5.93. The molecule has 0 atom stereocenters. The Morgan fingerprint density at radius 2 is 1.92 bits per heavy atom. The molecule has 2 aromatic rings. The predicted octanol–water partition coefficient (Wildman–Crippen LogP) is -1.56. The zero-order valence-electron chi connectivity index (χ0n) is 13.7. The van der Waals surface area contributed by atoms with E-state index in [0.29, 0.717) is 17.8 Å². The summed E-state index contributed by atoms with van der Waals surface area (Å²) in [4.78, 5) is 34.1. The van der Waals surface area contributed by atoms with Gasteiger partial charge in [-0.2, -0.15) is 4.57 Å². The molecule has 0 radical (unpaired) electrons. The van der Waals surface area contributed by atoms with Gasteiger partial charge in [0.15, 0.2) is 12.4 Å². The van der Waals surface area contributed by atoms with E-state index in [0.717, 1.165) is 0 Å². The number of hydrogen-bond acceptors (Lipinski definition) is 4. The maximum Gasteiger partial charge on any atom is 0.290 e. The molecule has 0 unspecified atom stereocenters. The first-order valence-electron chi connectivity index (χ1n) is 7.42. The number of rotatable bonds is 7. The molecule has 0 fully saturated rings. The number of benzene rings is 1. The lowest BCUT2D eigenvalue weighted by molar-refractivity contribution is -0.684. The second-order valence-electron chi connectivity index (χ2n) is 5.12. The van der Waals surface area contributed by atoms with Crippen molar-refractivity contribution in [3.63, 3.8) is 0 Å². The van der Waals surface area contributed by atoms with Crippen LogP contribution in [-0.2, 0) is 11.3 Å². The fourth-order valence-corrected chi connectivity index (χ4v) is 2.05. The van der Waals surface area contributed by atoms with Crippen LogP contribution in [0, 0.1) is 10.1 Å². The number of carbonyl (C=O) groups excluding carboxylic acids is 2. The molecule has 1 aromatic carbocycles. The fourth-order valence-electron chi connectivity index (χ4n) is 2.05. The van der Waals surface area contributed by atoms with Crippen LogP contribution in [0.2, 0.25) is 0 Å². The van der Waals surface area contributed by atoms with Crippen LogP contribution in [0.3, 0.4) is 0 Å². The number of non-ortho nitro benzene ring substituents is 1. The maximum atomic E-state index is 12.1. The number of amides is 2. The van der Waals surface area contributed by atoms with Gasteiger partial charge in [0.2, 0.25) is 6.54 Å². The van der Waals surface area contributed by atoms with Gasteiger partial charge in [-0.3, -0.25) is 19.7 Å². The van der Waals surface area contributed by atoms with Crippen molar-refractivity contribution in [2.75, 3.05) is 11.9 Å². The van der Waals surface area contributed by atoms with Gasteiger partial charge in [0.05, 0.1) is 4.92 Å². The fraction of sp³-hybridized carbons (Fsp3) is 0.118. The molecule has 0 aliphatic rings. The molecule has 0 bridgehead atoms. The van der Waals surface area contributed by atoms with Crippen LogP contribution in [0.15, 0.2) is 61.4 Å². The van der Waals surface area contributed by atoms with Crippen LogP contribution in [-0.4, -0.2) is 23.3 Å². The third-order valence-corrected chi connectivity index (χ3v) is 3.22. The first-order chi connectivity index (χ1) is 12.0. The van der Waals surface area contributed by atoms with E-state index in [1.165, 1.54) is 24.3 Å². The maximum absolute atomic E-state index is 12.1. The SMILES string of the molecule is C=CCNC(=O)c1ccc[n+](CC(=O)Nc2ccc([N+](=O)[O-])cc2)c1.[Cl-]. The Hall–Kier alpha value is -3.26. The first-order valence-corrected chi connectivity index (χ1v) is 7.42. The summed E-state index contributed by atoms with van der Waals surface area (Å²) >= 11 is 0. The van der Waals surface area contributed by atoms with E-state index in [9.17, 15) is 19.7 Å². The minimum Gasteiger partial charge on any atom is -1.00 e. The monoisotopic (exact) mass is 376 g/mol. The molecule has 26 heavy (non-hydrogen) atoms. The minimum atomic E-state index is -0.510. The van der Waals surface area contributed by atoms with Crippen LogP contribution in [0.1, 0.15) is 10.4 Å². The number of halogens is 1. The quantitative estimate of drug-likeness (QED) is 0.264. The number of anilines is 1. The largest absolute Gasteiger partial charge is 1.00 e. The summed E-state index contributed by atoms with van der Waals surface area (Å²) in [6, 6.07) is 8.85. The number of carbonyl (C=O) groups is 2. The summed E-state index contributed by atoms with van der Waals surface area (Å²) in [6.45, 7) is 3.88. The molecule has 1 aromatic heterocycles. The minimum absolute atomic E-state index is 0. The topological polar surface area (TPSA) is 105 Å². The highest BCUT2D eigenvalue weighted by atomic mass is 35.5. The number of nitrogens with zero attached hydrogens (tertiary/aromatic N) is 2. The molecule has 0 saturated carbocycles. The summed E-state index contributed by atoms with van der Waals surface area (Å²) < 4.78 is 1.57. The van der Waals surface area contributed by atoms with Crippen molar-refractivity contribution in [3.05, 3.63) is 77.1 Å². The Morgan fingerprint density at radius 3 is 2.54 bits per heavy atom.